The molecule has 0 fully saturated rings. The zero-order valence-electron chi connectivity index (χ0n) is 13.0. The number of rotatable bonds is 4. The first-order valence-corrected chi connectivity index (χ1v) is 8.13. The average Bonchev–Trinajstić information content (AvgIpc) is 2.94. The molecule has 3 aromatic rings. The quantitative estimate of drug-likeness (QED) is 0.680. The molecule has 4 heteroatoms. The number of hydrogen-bond acceptors (Lipinski definition) is 4. The minimum atomic E-state index is 0.0692. The van der Waals surface area contributed by atoms with Crippen molar-refractivity contribution < 1.29 is 4.74 Å². The molecule has 0 aliphatic rings. The van der Waals surface area contributed by atoms with Crippen LogP contribution in [0, 0.1) is 25.2 Å². The lowest BCUT2D eigenvalue weighted by molar-refractivity contribution is 0.368. The van der Waals surface area contributed by atoms with Crippen LogP contribution in [0.25, 0.3) is 22.4 Å². The molecule has 0 saturated carbocycles. The number of ether oxygens (including phenoxy) is 1. The van der Waals surface area contributed by atoms with Crippen LogP contribution in [0.1, 0.15) is 21.7 Å². The van der Waals surface area contributed by atoms with E-state index in [-0.39, 0.29) is 6.61 Å². The highest BCUT2D eigenvalue weighted by Gasteiger charge is 2.03. The van der Waals surface area contributed by atoms with Crippen LogP contribution in [-0.2, 0) is 0 Å². The van der Waals surface area contributed by atoms with Crippen molar-refractivity contribution in [2.75, 3.05) is 6.61 Å². The van der Waals surface area contributed by atoms with Crippen LogP contribution in [0.3, 0.4) is 0 Å². The van der Waals surface area contributed by atoms with Gasteiger partial charge in [0.15, 0.2) is 6.61 Å². The Kier molecular flexibility index (Phi) is 4.40. The summed E-state index contributed by atoms with van der Waals surface area (Å²) in [4.78, 5) is 4.66. The molecule has 0 spiro atoms. The number of aromatic nitrogens is 1. The van der Waals surface area contributed by atoms with Gasteiger partial charge in [0.2, 0.25) is 0 Å². The highest BCUT2D eigenvalue weighted by atomic mass is 32.1. The molecular formula is C19H16N2OS. The summed E-state index contributed by atoms with van der Waals surface area (Å²) in [5.41, 5.74) is 4.69. The van der Waals surface area contributed by atoms with Crippen LogP contribution in [0.15, 0.2) is 36.4 Å². The average molecular weight is 320 g/mol. The summed E-state index contributed by atoms with van der Waals surface area (Å²) in [5.74, 6) is 0.703. The Morgan fingerprint density at radius 2 is 1.87 bits per heavy atom. The van der Waals surface area contributed by atoms with Gasteiger partial charge in [-0.15, -0.1) is 11.3 Å². The Balaban J connectivity index is 1.78. The normalized spacial score (nSPS) is 11.0. The van der Waals surface area contributed by atoms with E-state index >= 15 is 0 Å². The smallest absolute Gasteiger partial charge is 0.174 e. The second-order valence-corrected chi connectivity index (χ2v) is 6.37. The molecule has 0 radical (unpaired) electrons. The molecule has 1 heterocycles. The van der Waals surface area contributed by atoms with Crippen molar-refractivity contribution in [2.45, 2.75) is 13.8 Å². The zero-order chi connectivity index (χ0) is 16.2. The Labute approximate surface area is 139 Å². The van der Waals surface area contributed by atoms with Gasteiger partial charge in [0, 0.05) is 0 Å². The molecule has 0 saturated heterocycles. The van der Waals surface area contributed by atoms with Gasteiger partial charge in [0.25, 0.3) is 0 Å². The Hall–Kier alpha value is -2.64. The lowest BCUT2D eigenvalue weighted by Gasteiger charge is -2.00. The Morgan fingerprint density at radius 3 is 2.61 bits per heavy atom. The first-order chi connectivity index (χ1) is 11.2. The lowest BCUT2D eigenvalue weighted by Crippen LogP contribution is -1.92. The first kappa shape index (κ1) is 15.3. The van der Waals surface area contributed by atoms with Gasteiger partial charge in [-0.3, -0.25) is 0 Å². The maximum Gasteiger partial charge on any atom is 0.174 e. The summed E-state index contributed by atoms with van der Waals surface area (Å²) in [6.45, 7) is 4.30. The van der Waals surface area contributed by atoms with Crippen LogP contribution >= 0.6 is 11.3 Å². The largest absolute Gasteiger partial charge is 0.479 e. The van der Waals surface area contributed by atoms with Gasteiger partial charge in [0.05, 0.1) is 10.2 Å². The third-order valence-corrected chi connectivity index (χ3v) is 4.61. The molecule has 23 heavy (non-hydrogen) atoms. The third-order valence-electron chi connectivity index (χ3n) is 3.62. The molecule has 0 aliphatic heterocycles. The molecular weight excluding hydrogens is 304 g/mol. The van der Waals surface area contributed by atoms with E-state index in [4.69, 9.17) is 10.00 Å². The summed E-state index contributed by atoms with van der Waals surface area (Å²) in [6.07, 6.45) is 4.06. The van der Waals surface area contributed by atoms with Crippen LogP contribution in [0.5, 0.6) is 5.75 Å². The first-order valence-electron chi connectivity index (χ1n) is 7.31. The monoisotopic (exact) mass is 320 g/mol. The number of thiazole rings is 1. The lowest BCUT2D eigenvalue weighted by atomic mass is 10.1. The summed E-state index contributed by atoms with van der Waals surface area (Å²) < 4.78 is 6.46. The standard InChI is InChI=1S/C19H16N2OS/c1-13-11-17-18(12-14(13)2)23-19(21-17)8-5-15-3-6-16(7-4-15)22-10-9-20/h3-8,11-12H,10H2,1-2H3/b8-5+. The molecule has 1 aromatic heterocycles. The predicted octanol–water partition coefficient (Wildman–Crippen LogP) is 4.99. The number of nitrogens with zero attached hydrogens (tertiary/aromatic N) is 2. The van der Waals surface area contributed by atoms with Crippen molar-refractivity contribution in [2.24, 2.45) is 0 Å². The van der Waals surface area contributed by atoms with E-state index in [0.717, 1.165) is 16.1 Å². The minimum Gasteiger partial charge on any atom is -0.479 e. The molecule has 114 valence electrons. The van der Waals surface area contributed by atoms with Crippen molar-refractivity contribution in [3.63, 3.8) is 0 Å². The number of benzene rings is 2. The van der Waals surface area contributed by atoms with Crippen LogP contribution in [0.4, 0.5) is 0 Å². The third kappa shape index (κ3) is 3.58. The van der Waals surface area contributed by atoms with Crippen molar-refractivity contribution in [1.29, 1.82) is 5.26 Å². The van der Waals surface area contributed by atoms with E-state index in [1.54, 1.807) is 11.3 Å². The second-order valence-electron chi connectivity index (χ2n) is 5.31. The van der Waals surface area contributed by atoms with Gasteiger partial charge >= 0.3 is 0 Å². The van der Waals surface area contributed by atoms with Gasteiger partial charge in [-0.1, -0.05) is 18.2 Å². The highest BCUT2D eigenvalue weighted by molar-refractivity contribution is 7.19. The van der Waals surface area contributed by atoms with E-state index in [2.05, 4.69) is 31.0 Å². The molecule has 0 N–H and O–H groups in total. The SMILES string of the molecule is Cc1cc2nc(/C=C/c3ccc(OCC#N)cc3)sc2cc1C. The van der Waals surface area contributed by atoms with Gasteiger partial charge in [-0.05, 0) is 60.9 Å². The molecule has 2 aromatic carbocycles. The van der Waals surface area contributed by atoms with Crippen LogP contribution in [0.2, 0.25) is 0 Å². The van der Waals surface area contributed by atoms with E-state index in [9.17, 15) is 0 Å². The molecule has 0 bridgehead atoms. The summed E-state index contributed by atoms with van der Waals surface area (Å²) >= 11 is 1.69. The van der Waals surface area contributed by atoms with Crippen molar-refractivity contribution in [3.05, 3.63) is 58.1 Å². The van der Waals surface area contributed by atoms with Crippen molar-refractivity contribution >= 4 is 33.7 Å². The number of fused-ring (bicyclic) bond motifs is 1. The molecule has 3 nitrogen and oxygen atoms in total. The molecule has 0 atom stereocenters. The maximum atomic E-state index is 8.49. The second kappa shape index (κ2) is 6.64. The summed E-state index contributed by atoms with van der Waals surface area (Å²) in [5, 5.41) is 9.49. The van der Waals surface area contributed by atoms with E-state index in [0.29, 0.717) is 5.75 Å². The van der Waals surface area contributed by atoms with Gasteiger partial charge in [0.1, 0.15) is 16.8 Å². The van der Waals surface area contributed by atoms with Crippen LogP contribution in [-0.4, -0.2) is 11.6 Å². The molecule has 0 aliphatic carbocycles. The number of hydrogen-bond donors (Lipinski definition) is 0. The highest BCUT2D eigenvalue weighted by Crippen LogP contribution is 2.26. The Bertz CT molecular complexity index is 863. The molecule has 0 unspecified atom stereocenters. The number of aryl methyl sites for hydroxylation is 2. The van der Waals surface area contributed by atoms with Gasteiger partial charge in [-0.2, -0.15) is 5.26 Å². The fraction of sp³-hybridized carbons (Fsp3) is 0.158. The van der Waals surface area contributed by atoms with E-state index in [1.807, 2.05) is 42.5 Å². The fourth-order valence-electron chi connectivity index (χ4n) is 2.23. The number of nitriles is 1. The van der Waals surface area contributed by atoms with Crippen molar-refractivity contribution in [3.8, 4) is 11.8 Å². The molecule has 3 rings (SSSR count). The predicted molar refractivity (Wildman–Crippen MR) is 95.6 cm³/mol. The van der Waals surface area contributed by atoms with Crippen molar-refractivity contribution in [1.82, 2.24) is 4.98 Å². The summed E-state index contributed by atoms with van der Waals surface area (Å²) in [6, 6.07) is 13.9. The topological polar surface area (TPSA) is 45.9 Å². The fourth-order valence-corrected chi connectivity index (χ4v) is 3.18. The maximum absolute atomic E-state index is 8.49. The summed E-state index contributed by atoms with van der Waals surface area (Å²) in [7, 11) is 0. The minimum absolute atomic E-state index is 0.0692. The van der Waals surface area contributed by atoms with E-state index < -0.39 is 0 Å². The van der Waals surface area contributed by atoms with Crippen LogP contribution < -0.4 is 4.74 Å². The molecule has 0 amide bonds. The Morgan fingerprint density at radius 1 is 1.13 bits per heavy atom. The van der Waals surface area contributed by atoms with Gasteiger partial charge in [-0.25, -0.2) is 4.98 Å². The van der Waals surface area contributed by atoms with Gasteiger partial charge < -0.3 is 4.74 Å². The van der Waals surface area contributed by atoms with E-state index in [1.165, 1.54) is 15.8 Å². The zero-order valence-corrected chi connectivity index (χ0v) is 13.9.